The van der Waals surface area contributed by atoms with E-state index in [1.807, 2.05) is 71.3 Å². The molecule has 36 heavy (non-hydrogen) atoms. The molecule has 0 aliphatic rings. The molecule has 0 aliphatic heterocycles. The first-order chi connectivity index (χ1) is 17.5. The molecule has 0 aliphatic carbocycles. The Morgan fingerprint density at radius 1 is 1.00 bits per heavy atom. The molecule has 6 nitrogen and oxygen atoms in total. The summed E-state index contributed by atoms with van der Waals surface area (Å²) >= 11 is 12.3. The van der Waals surface area contributed by atoms with Crippen molar-refractivity contribution in [2.45, 2.75) is 11.6 Å². The van der Waals surface area contributed by atoms with E-state index in [9.17, 15) is 4.79 Å². The summed E-state index contributed by atoms with van der Waals surface area (Å²) in [6.07, 6.45) is 2.57. The van der Waals surface area contributed by atoms with Crippen LogP contribution in [0.5, 0.6) is 0 Å². The van der Waals surface area contributed by atoms with Crippen LogP contribution in [-0.4, -0.2) is 31.4 Å². The molecule has 5 aromatic rings. The van der Waals surface area contributed by atoms with Gasteiger partial charge in [-0.05, 0) is 42.0 Å². The molecule has 0 saturated heterocycles. The zero-order valence-electron chi connectivity index (χ0n) is 18.8. The lowest BCUT2D eigenvalue weighted by Crippen LogP contribution is -2.14. The number of amides is 1. The number of aromatic nitrogens is 4. The summed E-state index contributed by atoms with van der Waals surface area (Å²) in [6.45, 7) is 0. The van der Waals surface area contributed by atoms with E-state index in [-0.39, 0.29) is 11.7 Å². The fraction of sp³-hybridized carbons (Fsp3) is 0.0769. The number of anilines is 1. The Labute approximate surface area is 229 Å². The minimum absolute atomic E-state index is 0.156. The number of halogens is 2. The number of carbonyl (C=O) groups is 1. The number of thioether (sulfide) groups is 1. The molecule has 0 saturated carbocycles. The molecular formula is C26H19BrClN5OS2. The van der Waals surface area contributed by atoms with Crippen LogP contribution in [0.15, 0.2) is 94.7 Å². The number of hydrogen-bond acceptors (Lipinski definition) is 6. The summed E-state index contributed by atoms with van der Waals surface area (Å²) in [7, 11) is 0. The highest BCUT2D eigenvalue weighted by atomic mass is 79.9. The van der Waals surface area contributed by atoms with Gasteiger partial charge >= 0.3 is 0 Å². The van der Waals surface area contributed by atoms with E-state index in [2.05, 4.69) is 48.6 Å². The molecule has 0 unspecified atom stereocenters. The van der Waals surface area contributed by atoms with Crippen molar-refractivity contribution in [2.75, 3.05) is 11.1 Å². The molecule has 0 spiro atoms. The minimum Gasteiger partial charge on any atom is -0.301 e. The molecule has 2 aromatic heterocycles. The molecular weight excluding hydrogens is 578 g/mol. The van der Waals surface area contributed by atoms with Gasteiger partial charge in [0.1, 0.15) is 0 Å². The maximum Gasteiger partial charge on any atom is 0.236 e. The highest BCUT2D eigenvalue weighted by molar-refractivity contribution is 9.10. The molecule has 10 heteroatoms. The summed E-state index contributed by atoms with van der Waals surface area (Å²) < 4.78 is 2.98. The van der Waals surface area contributed by atoms with E-state index in [0.29, 0.717) is 21.1 Å². The maximum atomic E-state index is 12.7. The average Bonchev–Trinajstić information content (AvgIpc) is 3.52. The second kappa shape index (κ2) is 11.4. The van der Waals surface area contributed by atoms with Crippen LogP contribution in [0.2, 0.25) is 5.02 Å². The molecule has 0 radical (unpaired) electrons. The number of rotatable bonds is 8. The Kier molecular flexibility index (Phi) is 7.81. The molecule has 1 N–H and O–H groups in total. The molecule has 5 rings (SSSR count). The highest BCUT2D eigenvalue weighted by Gasteiger charge is 2.18. The highest BCUT2D eigenvalue weighted by Crippen LogP contribution is 2.29. The maximum absolute atomic E-state index is 12.7. The second-order valence-corrected chi connectivity index (χ2v) is 11.2. The Morgan fingerprint density at radius 2 is 1.75 bits per heavy atom. The van der Waals surface area contributed by atoms with Gasteiger partial charge in [-0.3, -0.25) is 9.36 Å². The fourth-order valence-corrected chi connectivity index (χ4v) is 5.50. The predicted octanol–water partition coefficient (Wildman–Crippen LogP) is 7.13. The first-order valence-corrected chi connectivity index (χ1v) is 13.9. The normalized spacial score (nSPS) is 10.9. The molecule has 0 bridgehead atoms. The molecule has 0 fully saturated rings. The number of nitrogens with one attached hydrogen (secondary N) is 1. The summed E-state index contributed by atoms with van der Waals surface area (Å²) in [5.74, 6) is 0.706. The van der Waals surface area contributed by atoms with Crippen LogP contribution in [0.4, 0.5) is 5.13 Å². The van der Waals surface area contributed by atoms with Crippen molar-refractivity contribution < 1.29 is 4.79 Å². The number of benzene rings is 3. The topological polar surface area (TPSA) is 72.7 Å². The van der Waals surface area contributed by atoms with Crippen LogP contribution in [-0.2, 0) is 11.2 Å². The van der Waals surface area contributed by atoms with Crippen molar-refractivity contribution in [2.24, 2.45) is 0 Å². The first kappa shape index (κ1) is 24.7. The summed E-state index contributed by atoms with van der Waals surface area (Å²) in [5.41, 5.74) is 2.98. The van der Waals surface area contributed by atoms with Crippen LogP contribution in [0.1, 0.15) is 10.4 Å². The Bertz CT molecular complexity index is 1470. The molecule has 180 valence electrons. The van der Waals surface area contributed by atoms with Gasteiger partial charge in [-0.25, -0.2) is 4.98 Å². The number of nitrogens with zero attached hydrogens (tertiary/aromatic N) is 4. The molecule has 2 heterocycles. The van der Waals surface area contributed by atoms with E-state index >= 15 is 0 Å². The summed E-state index contributed by atoms with van der Waals surface area (Å²) in [6, 6.07) is 25.4. The van der Waals surface area contributed by atoms with E-state index in [4.69, 9.17) is 11.6 Å². The van der Waals surface area contributed by atoms with Crippen LogP contribution >= 0.6 is 50.6 Å². The van der Waals surface area contributed by atoms with Gasteiger partial charge in [-0.2, -0.15) is 0 Å². The third-order valence-electron chi connectivity index (χ3n) is 5.17. The molecule has 1 amide bonds. The number of thiazole rings is 1. The Morgan fingerprint density at radius 3 is 2.50 bits per heavy atom. The fourth-order valence-electron chi connectivity index (χ4n) is 3.50. The second-order valence-electron chi connectivity index (χ2n) is 7.76. The lowest BCUT2D eigenvalue weighted by Gasteiger charge is -2.10. The lowest BCUT2D eigenvalue weighted by molar-refractivity contribution is -0.113. The van der Waals surface area contributed by atoms with Gasteiger partial charge in [0, 0.05) is 38.2 Å². The van der Waals surface area contributed by atoms with Crippen molar-refractivity contribution in [1.82, 2.24) is 19.7 Å². The summed E-state index contributed by atoms with van der Waals surface area (Å²) in [4.78, 5) is 18.2. The van der Waals surface area contributed by atoms with Crippen molar-refractivity contribution in [3.8, 4) is 17.1 Å². The van der Waals surface area contributed by atoms with Gasteiger partial charge < -0.3 is 5.32 Å². The molecule has 0 atom stereocenters. The van der Waals surface area contributed by atoms with Crippen molar-refractivity contribution in [3.05, 3.63) is 105 Å². The van der Waals surface area contributed by atoms with Gasteiger partial charge in [-0.15, -0.1) is 21.5 Å². The lowest BCUT2D eigenvalue weighted by atomic mass is 10.1. The van der Waals surface area contributed by atoms with E-state index in [1.54, 1.807) is 6.20 Å². The van der Waals surface area contributed by atoms with E-state index in [0.717, 1.165) is 27.0 Å². The third-order valence-corrected chi connectivity index (χ3v) is 7.80. The summed E-state index contributed by atoms with van der Waals surface area (Å²) in [5, 5.41) is 13.5. The first-order valence-electron chi connectivity index (χ1n) is 10.9. The van der Waals surface area contributed by atoms with Gasteiger partial charge in [0.25, 0.3) is 0 Å². The largest absolute Gasteiger partial charge is 0.301 e. The average molecular weight is 597 g/mol. The number of hydrogen-bond donors (Lipinski definition) is 1. The van der Waals surface area contributed by atoms with Gasteiger partial charge in [0.05, 0.1) is 5.75 Å². The van der Waals surface area contributed by atoms with Crippen LogP contribution in [0.25, 0.3) is 17.1 Å². The Hall–Kier alpha value is -2.98. The van der Waals surface area contributed by atoms with Gasteiger partial charge in [0.2, 0.25) is 5.91 Å². The SMILES string of the molecule is O=C(CSc1nnc(-c2ccccc2)n1-c1ccc(Cl)cc1)Nc1ncc(Cc2ccc(Br)cc2)s1. The van der Waals surface area contributed by atoms with Crippen LogP contribution < -0.4 is 5.32 Å². The zero-order valence-corrected chi connectivity index (χ0v) is 22.7. The minimum atomic E-state index is -0.156. The van der Waals surface area contributed by atoms with Gasteiger partial charge in [0.15, 0.2) is 16.1 Å². The molecule has 3 aromatic carbocycles. The van der Waals surface area contributed by atoms with Crippen molar-refractivity contribution in [3.63, 3.8) is 0 Å². The predicted molar refractivity (Wildman–Crippen MR) is 150 cm³/mol. The van der Waals surface area contributed by atoms with E-state index < -0.39 is 0 Å². The standard InChI is InChI=1S/C26H19BrClN5OS2/c27-19-8-6-17(7-9-19)14-22-15-29-25(36-22)30-23(34)16-35-26-32-31-24(18-4-2-1-3-5-18)33(26)21-12-10-20(28)11-13-21/h1-13,15H,14,16H2,(H,29,30,34). The van der Waals surface area contributed by atoms with E-state index in [1.165, 1.54) is 28.7 Å². The zero-order chi connectivity index (χ0) is 24.9. The van der Waals surface area contributed by atoms with Crippen molar-refractivity contribution in [1.29, 1.82) is 0 Å². The van der Waals surface area contributed by atoms with Crippen molar-refractivity contribution >= 4 is 61.7 Å². The Balaban J connectivity index is 1.28. The van der Waals surface area contributed by atoms with Gasteiger partial charge in [-0.1, -0.05) is 81.8 Å². The number of carbonyl (C=O) groups excluding carboxylic acids is 1. The third kappa shape index (κ3) is 6.04. The van der Waals surface area contributed by atoms with Crippen LogP contribution in [0, 0.1) is 0 Å². The van der Waals surface area contributed by atoms with Crippen LogP contribution in [0.3, 0.4) is 0 Å². The monoisotopic (exact) mass is 595 g/mol. The quantitative estimate of drug-likeness (QED) is 0.193. The smallest absolute Gasteiger partial charge is 0.236 e.